The van der Waals surface area contributed by atoms with Crippen LogP contribution in [0, 0.1) is 0 Å². The highest BCUT2D eigenvalue weighted by Gasteiger charge is 2.24. The molecule has 1 atom stereocenters. The maximum Gasteiger partial charge on any atom is 0.227 e. The summed E-state index contributed by atoms with van der Waals surface area (Å²) in [6.45, 7) is 0. The number of aromatic nitrogens is 2. The van der Waals surface area contributed by atoms with Gasteiger partial charge < -0.3 is 17.8 Å². The van der Waals surface area contributed by atoms with E-state index in [1.807, 2.05) is 48.5 Å². The average molecular weight is 735 g/mol. The Hall–Kier alpha value is -7.37. The standard InChI is InChI=1S/C52H34N2O3/c1-3-12-33(13-4-1)52-53-51-48(57-52)29-28-47-50(51)41-31-34(24-27-45(41)56-47)36(39-18-11-21-46-49(39)40-17-8-10-20-44(40)55-46)25-22-32-23-26-38-37-16-7-9-19-42(37)54(43(38)30-32)35-14-5-2-6-15-35/h1-21,23-24,26-31,36H,22,25H2. The summed E-state index contributed by atoms with van der Waals surface area (Å²) in [6.07, 6.45) is 1.76. The molecule has 0 saturated carbocycles. The SMILES string of the molecule is c1ccc(-c2nc3c(ccc4oc5ccc(C(CCc6ccc7c8ccccc8n(-c8ccccc8)c7c6)c6cccc7oc8ccccc8c67)cc5c43)o2)cc1. The van der Waals surface area contributed by atoms with Crippen molar-refractivity contribution < 1.29 is 13.3 Å². The van der Waals surface area contributed by atoms with Gasteiger partial charge in [-0.25, -0.2) is 4.98 Å². The van der Waals surface area contributed by atoms with Gasteiger partial charge in [0, 0.05) is 44.1 Å². The van der Waals surface area contributed by atoms with E-state index in [4.69, 9.17) is 18.2 Å². The Morgan fingerprint density at radius 3 is 2.04 bits per heavy atom. The molecule has 0 aliphatic rings. The Morgan fingerprint density at radius 1 is 0.474 bits per heavy atom. The second-order valence-corrected chi connectivity index (χ2v) is 15.0. The number of aryl methyl sites for hydroxylation is 1. The molecule has 0 fully saturated rings. The fourth-order valence-electron chi connectivity index (χ4n) is 9.12. The Labute approximate surface area is 327 Å². The number of hydrogen-bond acceptors (Lipinski definition) is 4. The van der Waals surface area contributed by atoms with E-state index in [0.29, 0.717) is 5.89 Å². The molecule has 12 rings (SSSR count). The predicted molar refractivity (Wildman–Crippen MR) is 231 cm³/mol. The molecule has 0 saturated heterocycles. The van der Waals surface area contributed by atoms with Crippen LogP contribution in [0.1, 0.15) is 29.0 Å². The highest BCUT2D eigenvalue weighted by molar-refractivity contribution is 6.17. The lowest BCUT2D eigenvalue weighted by atomic mass is 9.83. The van der Waals surface area contributed by atoms with Crippen LogP contribution in [0.2, 0.25) is 0 Å². The molecule has 12 aromatic rings. The molecule has 8 aromatic carbocycles. The lowest BCUT2D eigenvalue weighted by Crippen LogP contribution is -2.04. The van der Waals surface area contributed by atoms with Gasteiger partial charge in [0.05, 0.1) is 16.4 Å². The summed E-state index contributed by atoms with van der Waals surface area (Å²) in [5.41, 5.74) is 13.3. The third-order valence-corrected chi connectivity index (χ3v) is 11.7. The van der Waals surface area contributed by atoms with Crippen LogP contribution in [-0.4, -0.2) is 9.55 Å². The van der Waals surface area contributed by atoms with Gasteiger partial charge in [-0.05, 0) is 102 Å². The fraction of sp³-hybridized carbons (Fsp3) is 0.0577. The van der Waals surface area contributed by atoms with Crippen molar-refractivity contribution in [2.75, 3.05) is 0 Å². The molecule has 0 radical (unpaired) electrons. The van der Waals surface area contributed by atoms with E-state index in [9.17, 15) is 0 Å². The van der Waals surface area contributed by atoms with Crippen LogP contribution in [-0.2, 0) is 6.42 Å². The van der Waals surface area contributed by atoms with Crippen molar-refractivity contribution >= 4 is 76.8 Å². The summed E-state index contributed by atoms with van der Waals surface area (Å²) in [5.74, 6) is 0.652. The number of oxazole rings is 1. The van der Waals surface area contributed by atoms with E-state index < -0.39 is 0 Å². The topological polar surface area (TPSA) is 57.2 Å². The molecule has 0 amide bonds. The number of fused-ring (bicyclic) bond motifs is 11. The molecular weight excluding hydrogens is 701 g/mol. The highest BCUT2D eigenvalue weighted by atomic mass is 16.4. The van der Waals surface area contributed by atoms with Gasteiger partial charge in [-0.15, -0.1) is 0 Å². The second-order valence-electron chi connectivity index (χ2n) is 15.0. The van der Waals surface area contributed by atoms with Crippen molar-refractivity contribution in [3.63, 3.8) is 0 Å². The third-order valence-electron chi connectivity index (χ3n) is 11.7. The van der Waals surface area contributed by atoms with Gasteiger partial charge in [-0.1, -0.05) is 103 Å². The number of rotatable bonds is 7. The lowest BCUT2D eigenvalue weighted by molar-refractivity contribution is 0.619. The van der Waals surface area contributed by atoms with Crippen molar-refractivity contribution in [1.82, 2.24) is 9.55 Å². The zero-order valence-electron chi connectivity index (χ0n) is 30.9. The summed E-state index contributed by atoms with van der Waals surface area (Å²) in [4.78, 5) is 5.04. The van der Waals surface area contributed by atoms with Gasteiger partial charge in [0.15, 0.2) is 5.58 Å². The van der Waals surface area contributed by atoms with E-state index in [0.717, 1.165) is 73.7 Å². The Bertz CT molecular complexity index is 3480. The minimum atomic E-state index is 0.0520. The minimum absolute atomic E-state index is 0.0520. The highest BCUT2D eigenvalue weighted by Crippen LogP contribution is 2.43. The molecule has 0 bridgehead atoms. The molecule has 0 N–H and O–H groups in total. The number of benzene rings is 8. The zero-order chi connectivity index (χ0) is 37.5. The van der Waals surface area contributed by atoms with Gasteiger partial charge in [0.1, 0.15) is 27.8 Å². The summed E-state index contributed by atoms with van der Waals surface area (Å²) >= 11 is 0. The van der Waals surface area contributed by atoms with Crippen molar-refractivity contribution in [3.8, 4) is 17.1 Å². The molecule has 5 nitrogen and oxygen atoms in total. The van der Waals surface area contributed by atoms with Crippen LogP contribution in [0.15, 0.2) is 189 Å². The predicted octanol–water partition coefficient (Wildman–Crippen LogP) is 14.2. The van der Waals surface area contributed by atoms with Crippen LogP contribution < -0.4 is 0 Å². The molecule has 0 aliphatic carbocycles. The van der Waals surface area contributed by atoms with E-state index in [1.165, 1.54) is 43.9 Å². The van der Waals surface area contributed by atoms with Crippen LogP contribution in [0.3, 0.4) is 0 Å². The van der Waals surface area contributed by atoms with Crippen LogP contribution in [0.25, 0.3) is 93.9 Å². The quantitative estimate of drug-likeness (QED) is 0.164. The van der Waals surface area contributed by atoms with Crippen LogP contribution >= 0.6 is 0 Å². The normalized spacial score (nSPS) is 12.6. The number of furan rings is 2. The van der Waals surface area contributed by atoms with E-state index in [2.05, 4.69) is 132 Å². The Balaban J connectivity index is 1.02. The monoisotopic (exact) mass is 734 g/mol. The molecule has 5 heteroatoms. The first-order valence-corrected chi connectivity index (χ1v) is 19.5. The van der Waals surface area contributed by atoms with Crippen LogP contribution in [0.4, 0.5) is 0 Å². The molecule has 270 valence electrons. The van der Waals surface area contributed by atoms with E-state index >= 15 is 0 Å². The maximum absolute atomic E-state index is 6.48. The number of para-hydroxylation sites is 3. The molecule has 0 spiro atoms. The smallest absolute Gasteiger partial charge is 0.227 e. The fourth-order valence-corrected chi connectivity index (χ4v) is 9.12. The molecular formula is C52H34N2O3. The molecule has 4 heterocycles. The zero-order valence-corrected chi connectivity index (χ0v) is 30.9. The number of hydrogen-bond donors (Lipinski definition) is 0. The largest absolute Gasteiger partial charge is 0.456 e. The Kier molecular flexibility index (Phi) is 7.05. The van der Waals surface area contributed by atoms with Gasteiger partial charge in [0.2, 0.25) is 5.89 Å². The molecule has 1 unspecified atom stereocenters. The second kappa shape index (κ2) is 12.6. The van der Waals surface area contributed by atoms with Crippen molar-refractivity contribution in [2.24, 2.45) is 0 Å². The van der Waals surface area contributed by atoms with Crippen molar-refractivity contribution in [1.29, 1.82) is 0 Å². The first-order chi connectivity index (χ1) is 28.2. The molecule has 4 aromatic heterocycles. The van der Waals surface area contributed by atoms with E-state index in [1.54, 1.807) is 0 Å². The van der Waals surface area contributed by atoms with Gasteiger partial charge >= 0.3 is 0 Å². The maximum atomic E-state index is 6.48. The van der Waals surface area contributed by atoms with Gasteiger partial charge in [0.25, 0.3) is 0 Å². The minimum Gasteiger partial charge on any atom is -0.456 e. The summed E-state index contributed by atoms with van der Waals surface area (Å²) in [5, 5.41) is 6.83. The summed E-state index contributed by atoms with van der Waals surface area (Å²) in [7, 11) is 0. The summed E-state index contributed by atoms with van der Waals surface area (Å²) < 4.78 is 21.6. The van der Waals surface area contributed by atoms with Crippen molar-refractivity contribution in [3.05, 3.63) is 193 Å². The Morgan fingerprint density at radius 2 is 1.16 bits per heavy atom. The van der Waals surface area contributed by atoms with E-state index in [-0.39, 0.29) is 5.92 Å². The van der Waals surface area contributed by atoms with Crippen molar-refractivity contribution in [2.45, 2.75) is 18.8 Å². The van der Waals surface area contributed by atoms with Gasteiger partial charge in [-0.2, -0.15) is 0 Å². The molecule has 0 aliphatic heterocycles. The molecule has 57 heavy (non-hydrogen) atoms. The summed E-state index contributed by atoms with van der Waals surface area (Å²) in [6, 6.07) is 62.0. The van der Waals surface area contributed by atoms with Crippen LogP contribution in [0.5, 0.6) is 0 Å². The number of nitrogens with zero attached hydrogens (tertiary/aromatic N) is 2. The van der Waals surface area contributed by atoms with Gasteiger partial charge in [-0.3, -0.25) is 0 Å². The lowest BCUT2D eigenvalue weighted by Gasteiger charge is -2.20. The first kappa shape index (κ1) is 31.9. The third kappa shape index (κ3) is 5.05. The average Bonchev–Trinajstić information content (AvgIpc) is 4.04. The first-order valence-electron chi connectivity index (χ1n) is 19.5.